The molecule has 1 atom stereocenters. The van der Waals surface area contributed by atoms with Crippen LogP contribution in [0.4, 0.5) is 17.5 Å². The van der Waals surface area contributed by atoms with Gasteiger partial charge >= 0.3 is 0 Å². The van der Waals surface area contributed by atoms with E-state index in [9.17, 15) is 4.79 Å². The van der Waals surface area contributed by atoms with Crippen molar-refractivity contribution in [2.24, 2.45) is 5.92 Å². The number of amides is 1. The van der Waals surface area contributed by atoms with Gasteiger partial charge in [0.05, 0.1) is 25.7 Å². The van der Waals surface area contributed by atoms with Crippen molar-refractivity contribution < 1.29 is 14.3 Å². The summed E-state index contributed by atoms with van der Waals surface area (Å²) in [6.45, 7) is 6.93. The molecule has 2 heterocycles. The summed E-state index contributed by atoms with van der Waals surface area (Å²) < 4.78 is 11.0. The summed E-state index contributed by atoms with van der Waals surface area (Å²) >= 11 is 0. The lowest BCUT2D eigenvalue weighted by molar-refractivity contribution is -0.135. The first kappa shape index (κ1) is 23.6. The van der Waals surface area contributed by atoms with E-state index in [0.29, 0.717) is 29.8 Å². The molecular weight excluding hydrogens is 430 g/mol. The number of para-hydroxylation sites is 1. The molecule has 8 heteroatoms. The van der Waals surface area contributed by atoms with Gasteiger partial charge in [-0.25, -0.2) is 4.98 Å². The van der Waals surface area contributed by atoms with Crippen LogP contribution in [0.5, 0.6) is 11.5 Å². The van der Waals surface area contributed by atoms with E-state index in [1.807, 2.05) is 61.2 Å². The van der Waals surface area contributed by atoms with Gasteiger partial charge in [0.1, 0.15) is 5.82 Å². The van der Waals surface area contributed by atoms with Gasteiger partial charge in [-0.15, -0.1) is 0 Å². The number of methoxy groups -OCH3 is 2. The molecule has 1 aliphatic heterocycles. The first-order chi connectivity index (χ1) is 16.6. The Morgan fingerprint density at radius 3 is 2.47 bits per heavy atom. The van der Waals surface area contributed by atoms with Gasteiger partial charge in [-0.1, -0.05) is 18.2 Å². The smallest absolute Gasteiger partial charge is 0.227 e. The Balaban J connectivity index is 1.74. The topological polar surface area (TPSA) is 79.8 Å². The summed E-state index contributed by atoms with van der Waals surface area (Å²) in [5, 5.41) is 4.27. The lowest BCUT2D eigenvalue weighted by Gasteiger charge is -2.34. The van der Waals surface area contributed by atoms with Gasteiger partial charge in [0.25, 0.3) is 0 Å². The normalized spacial score (nSPS) is 15.8. The number of aromatic nitrogens is 2. The van der Waals surface area contributed by atoms with Gasteiger partial charge in [-0.05, 0) is 44.9 Å². The predicted octanol–water partition coefficient (Wildman–Crippen LogP) is 4.48. The van der Waals surface area contributed by atoms with Crippen molar-refractivity contribution in [3.05, 3.63) is 42.5 Å². The number of hydrogen-bond donors (Lipinski definition) is 1. The van der Waals surface area contributed by atoms with Gasteiger partial charge in [-0.2, -0.15) is 4.98 Å². The molecule has 180 valence electrons. The Kier molecular flexibility index (Phi) is 7.35. The van der Waals surface area contributed by atoms with Gasteiger partial charge < -0.3 is 24.6 Å². The Bertz CT molecular complexity index is 1130. The van der Waals surface area contributed by atoms with Gasteiger partial charge in [-0.3, -0.25) is 4.79 Å². The number of carbonyl (C=O) groups excluding carboxylic acids is 1. The predicted molar refractivity (Wildman–Crippen MR) is 135 cm³/mol. The number of fused-ring (bicyclic) bond motifs is 1. The molecule has 0 aliphatic carbocycles. The highest BCUT2D eigenvalue weighted by Crippen LogP contribution is 2.36. The van der Waals surface area contributed by atoms with Gasteiger partial charge in [0.15, 0.2) is 11.5 Å². The number of anilines is 3. The molecule has 34 heavy (non-hydrogen) atoms. The molecular formula is C26H33N5O3. The standard InChI is InChI=1S/C26H33N5O3/c1-5-30(6-2)25(32)18-11-10-14-31(17-18)26-28-21-16-23(34-4)22(33-3)15-20(21)24(29-26)27-19-12-8-7-9-13-19/h7-9,12-13,15-16,18H,5-6,10-11,14,17H2,1-4H3,(H,27,28,29). The molecule has 0 bridgehead atoms. The zero-order chi connectivity index (χ0) is 24.1. The largest absolute Gasteiger partial charge is 0.493 e. The van der Waals surface area contributed by atoms with Crippen molar-refractivity contribution in [1.82, 2.24) is 14.9 Å². The zero-order valence-electron chi connectivity index (χ0n) is 20.4. The molecule has 0 radical (unpaired) electrons. The molecule has 8 nitrogen and oxygen atoms in total. The first-order valence-electron chi connectivity index (χ1n) is 11.9. The molecule has 0 saturated carbocycles. The minimum Gasteiger partial charge on any atom is -0.493 e. The average Bonchev–Trinajstić information content (AvgIpc) is 2.89. The summed E-state index contributed by atoms with van der Waals surface area (Å²) in [5.74, 6) is 2.68. The number of nitrogens with zero attached hydrogens (tertiary/aromatic N) is 4. The van der Waals surface area contributed by atoms with Crippen LogP contribution >= 0.6 is 0 Å². The molecule has 4 rings (SSSR count). The molecule has 1 N–H and O–H groups in total. The van der Waals surface area contributed by atoms with E-state index < -0.39 is 0 Å². The van der Waals surface area contributed by atoms with Gasteiger partial charge in [0, 0.05) is 43.3 Å². The van der Waals surface area contributed by atoms with Crippen LogP contribution in [-0.2, 0) is 4.79 Å². The van der Waals surface area contributed by atoms with E-state index in [2.05, 4.69) is 10.2 Å². The number of ether oxygens (including phenoxy) is 2. The summed E-state index contributed by atoms with van der Waals surface area (Å²) in [7, 11) is 3.23. The molecule has 0 spiro atoms. The highest BCUT2D eigenvalue weighted by molar-refractivity contribution is 5.94. The van der Waals surface area contributed by atoms with E-state index >= 15 is 0 Å². The number of nitrogens with one attached hydrogen (secondary N) is 1. The van der Waals surface area contributed by atoms with Crippen LogP contribution in [0.25, 0.3) is 10.9 Å². The van der Waals surface area contributed by atoms with E-state index in [1.54, 1.807) is 14.2 Å². The highest BCUT2D eigenvalue weighted by Gasteiger charge is 2.30. The number of hydrogen-bond acceptors (Lipinski definition) is 7. The second-order valence-corrected chi connectivity index (χ2v) is 8.38. The van der Waals surface area contributed by atoms with Crippen LogP contribution in [-0.4, -0.2) is 61.2 Å². The van der Waals surface area contributed by atoms with Crippen molar-refractivity contribution in [1.29, 1.82) is 0 Å². The molecule has 1 aliphatic rings. The monoisotopic (exact) mass is 463 g/mol. The van der Waals surface area contributed by atoms with Crippen LogP contribution in [0, 0.1) is 5.92 Å². The maximum Gasteiger partial charge on any atom is 0.227 e. The van der Waals surface area contributed by atoms with Crippen LogP contribution in [0.15, 0.2) is 42.5 Å². The minimum absolute atomic E-state index is 0.0520. The fourth-order valence-corrected chi connectivity index (χ4v) is 4.49. The van der Waals surface area contributed by atoms with Crippen LogP contribution in [0.3, 0.4) is 0 Å². The third kappa shape index (κ3) is 4.85. The van der Waals surface area contributed by atoms with Crippen molar-refractivity contribution in [2.45, 2.75) is 26.7 Å². The Labute approximate surface area is 200 Å². The summed E-state index contributed by atoms with van der Waals surface area (Å²) in [6, 6.07) is 13.7. The number of benzene rings is 2. The van der Waals surface area contributed by atoms with Crippen molar-refractivity contribution >= 4 is 34.3 Å². The number of piperidine rings is 1. The van der Waals surface area contributed by atoms with E-state index in [1.165, 1.54) is 0 Å². The second kappa shape index (κ2) is 10.6. The van der Waals surface area contributed by atoms with Gasteiger partial charge in [0.2, 0.25) is 11.9 Å². The van der Waals surface area contributed by atoms with Crippen LogP contribution < -0.4 is 19.7 Å². The summed E-state index contributed by atoms with van der Waals surface area (Å²) in [4.78, 5) is 26.9. The van der Waals surface area contributed by atoms with E-state index in [0.717, 1.165) is 49.1 Å². The molecule has 1 saturated heterocycles. The second-order valence-electron chi connectivity index (χ2n) is 8.38. The molecule has 1 unspecified atom stereocenters. The Hall–Kier alpha value is -3.55. The first-order valence-corrected chi connectivity index (χ1v) is 11.9. The zero-order valence-corrected chi connectivity index (χ0v) is 20.4. The van der Waals surface area contributed by atoms with E-state index in [-0.39, 0.29) is 11.8 Å². The lowest BCUT2D eigenvalue weighted by Crippen LogP contribution is -2.45. The fraction of sp³-hybridized carbons (Fsp3) is 0.423. The maximum atomic E-state index is 13.0. The van der Waals surface area contributed by atoms with Crippen molar-refractivity contribution in [3.63, 3.8) is 0 Å². The highest BCUT2D eigenvalue weighted by atomic mass is 16.5. The van der Waals surface area contributed by atoms with Crippen LogP contribution in [0.1, 0.15) is 26.7 Å². The molecule has 1 aromatic heterocycles. The van der Waals surface area contributed by atoms with E-state index in [4.69, 9.17) is 19.4 Å². The SMILES string of the molecule is CCN(CC)C(=O)C1CCCN(c2nc(Nc3ccccc3)c3cc(OC)c(OC)cc3n2)C1. The Morgan fingerprint density at radius 2 is 1.79 bits per heavy atom. The summed E-state index contributed by atoms with van der Waals surface area (Å²) in [5.41, 5.74) is 1.68. The number of rotatable bonds is 8. The molecule has 2 aromatic carbocycles. The quantitative estimate of drug-likeness (QED) is 0.528. The Morgan fingerprint density at radius 1 is 1.09 bits per heavy atom. The lowest BCUT2D eigenvalue weighted by atomic mass is 9.96. The molecule has 1 amide bonds. The fourth-order valence-electron chi connectivity index (χ4n) is 4.49. The molecule has 3 aromatic rings. The maximum absolute atomic E-state index is 13.0. The number of carbonyl (C=O) groups is 1. The average molecular weight is 464 g/mol. The minimum atomic E-state index is -0.0520. The third-order valence-corrected chi connectivity index (χ3v) is 6.35. The van der Waals surface area contributed by atoms with Crippen LogP contribution in [0.2, 0.25) is 0 Å². The van der Waals surface area contributed by atoms with Crippen molar-refractivity contribution in [3.8, 4) is 11.5 Å². The van der Waals surface area contributed by atoms with Crippen molar-refractivity contribution in [2.75, 3.05) is 50.6 Å². The summed E-state index contributed by atoms with van der Waals surface area (Å²) in [6.07, 6.45) is 1.81. The molecule has 1 fully saturated rings. The third-order valence-electron chi connectivity index (χ3n) is 6.35.